The third-order valence-electron chi connectivity index (χ3n) is 7.75. The van der Waals surface area contributed by atoms with Crippen molar-refractivity contribution < 1.29 is 0 Å². The number of hydrogen-bond donors (Lipinski definition) is 1. The number of aromatic nitrogens is 2. The largest absolute Gasteiger partial charge is 0.338 e. The summed E-state index contributed by atoms with van der Waals surface area (Å²) >= 11 is 0. The van der Waals surface area contributed by atoms with Gasteiger partial charge in [-0.05, 0) is 69.3 Å². The topological polar surface area (TPSA) is 28.7 Å². The molecule has 0 spiro atoms. The van der Waals surface area contributed by atoms with E-state index in [0.717, 1.165) is 33.5 Å². The molecule has 0 unspecified atom stereocenters. The summed E-state index contributed by atoms with van der Waals surface area (Å²) in [6.07, 6.45) is 8.12. The average Bonchev–Trinajstić information content (AvgIpc) is 3.47. The van der Waals surface area contributed by atoms with Gasteiger partial charge in [-0.3, -0.25) is 0 Å². The van der Waals surface area contributed by atoms with Gasteiger partial charge in [-0.15, -0.1) is 0 Å². The molecule has 200 valence electrons. The highest BCUT2D eigenvalue weighted by atomic mass is 14.9. The van der Waals surface area contributed by atoms with Crippen LogP contribution in [0.5, 0.6) is 0 Å². The number of rotatable bonds is 6. The Morgan fingerprint density at radius 1 is 0.500 bits per heavy atom. The van der Waals surface area contributed by atoms with Gasteiger partial charge in [0, 0.05) is 11.1 Å². The Balaban J connectivity index is 1.53. The second-order valence-electron chi connectivity index (χ2n) is 10.4. The standard InChI is InChI=1S/C40H30N2/c1-2-3-6-25-36-41-39-37(32-21-13-19-30(26-32)28-15-7-4-8-16-28)34-23-11-12-24-35(34)38(40(39)42-36)33-22-14-20-31(27-33)29-17-9-5-10-18-29/h2-27H,1H3,(H,41,42)/b3-2-,25-6-. The van der Waals surface area contributed by atoms with E-state index in [-0.39, 0.29) is 0 Å². The molecule has 0 saturated heterocycles. The SMILES string of the molecule is C/C=C\C=C/c1nc2c(-c3cccc(-c4ccccc4)c3)c3ccccc3c(-c3cccc(-c4ccccc4)c3)c2[nH]1. The Kier molecular flexibility index (Phi) is 6.79. The summed E-state index contributed by atoms with van der Waals surface area (Å²) in [5.41, 5.74) is 11.4. The van der Waals surface area contributed by atoms with Gasteiger partial charge in [-0.25, -0.2) is 4.98 Å². The van der Waals surface area contributed by atoms with Gasteiger partial charge in [0.25, 0.3) is 0 Å². The van der Waals surface area contributed by atoms with E-state index < -0.39 is 0 Å². The van der Waals surface area contributed by atoms with Crippen molar-refractivity contribution in [2.24, 2.45) is 0 Å². The number of fused-ring (bicyclic) bond motifs is 2. The molecule has 0 aliphatic rings. The van der Waals surface area contributed by atoms with Gasteiger partial charge in [0.15, 0.2) is 0 Å². The first-order valence-corrected chi connectivity index (χ1v) is 14.4. The van der Waals surface area contributed by atoms with Gasteiger partial charge in [-0.1, -0.05) is 140 Å². The second-order valence-corrected chi connectivity index (χ2v) is 10.4. The van der Waals surface area contributed by atoms with Gasteiger partial charge in [0.1, 0.15) is 5.82 Å². The molecule has 1 heterocycles. The molecule has 0 aliphatic heterocycles. The lowest BCUT2D eigenvalue weighted by molar-refractivity contribution is 1.29. The molecule has 42 heavy (non-hydrogen) atoms. The Morgan fingerprint density at radius 3 is 1.60 bits per heavy atom. The highest BCUT2D eigenvalue weighted by Crippen LogP contribution is 2.44. The molecule has 2 heteroatoms. The number of H-pyrrole nitrogens is 1. The summed E-state index contributed by atoms with van der Waals surface area (Å²) in [6.45, 7) is 2.02. The molecule has 1 N–H and O–H groups in total. The van der Waals surface area contributed by atoms with E-state index in [1.807, 2.05) is 31.2 Å². The minimum Gasteiger partial charge on any atom is -0.338 e. The van der Waals surface area contributed by atoms with E-state index in [1.165, 1.54) is 38.6 Å². The van der Waals surface area contributed by atoms with Crippen LogP contribution in [0.15, 0.2) is 152 Å². The fraction of sp³-hybridized carbons (Fsp3) is 0.0250. The van der Waals surface area contributed by atoms with E-state index in [9.17, 15) is 0 Å². The van der Waals surface area contributed by atoms with Crippen LogP contribution in [0.2, 0.25) is 0 Å². The van der Waals surface area contributed by atoms with Crippen LogP contribution in [0.4, 0.5) is 0 Å². The number of aromatic amines is 1. The summed E-state index contributed by atoms with van der Waals surface area (Å²) in [5.74, 6) is 0.833. The third-order valence-corrected chi connectivity index (χ3v) is 7.75. The molecule has 0 atom stereocenters. The van der Waals surface area contributed by atoms with Crippen molar-refractivity contribution in [3.63, 3.8) is 0 Å². The molecule has 1 aromatic heterocycles. The van der Waals surface area contributed by atoms with Crippen LogP contribution in [0.3, 0.4) is 0 Å². The number of allylic oxidation sites excluding steroid dienone is 3. The maximum atomic E-state index is 5.20. The highest BCUT2D eigenvalue weighted by Gasteiger charge is 2.20. The van der Waals surface area contributed by atoms with Gasteiger partial charge in [0.2, 0.25) is 0 Å². The van der Waals surface area contributed by atoms with Crippen molar-refractivity contribution in [3.8, 4) is 44.5 Å². The Bertz CT molecular complexity index is 1940. The van der Waals surface area contributed by atoms with Crippen LogP contribution >= 0.6 is 0 Å². The third kappa shape index (κ3) is 4.74. The first kappa shape index (κ1) is 25.5. The fourth-order valence-electron chi connectivity index (χ4n) is 5.83. The predicted molar refractivity (Wildman–Crippen MR) is 179 cm³/mol. The van der Waals surface area contributed by atoms with Crippen molar-refractivity contribution in [3.05, 3.63) is 158 Å². The summed E-state index contributed by atoms with van der Waals surface area (Å²) in [5, 5.41) is 2.38. The molecular formula is C40H30N2. The molecular weight excluding hydrogens is 508 g/mol. The summed E-state index contributed by atoms with van der Waals surface area (Å²) < 4.78 is 0. The Hall–Kier alpha value is -5.47. The smallest absolute Gasteiger partial charge is 0.131 e. The van der Waals surface area contributed by atoms with Crippen molar-refractivity contribution >= 4 is 27.9 Å². The molecule has 0 fully saturated rings. The number of benzene rings is 6. The Labute approximate surface area is 246 Å². The molecule has 7 aromatic rings. The van der Waals surface area contributed by atoms with Crippen LogP contribution in [0.25, 0.3) is 72.4 Å². The summed E-state index contributed by atoms with van der Waals surface area (Å²) in [4.78, 5) is 8.90. The molecule has 0 bridgehead atoms. The van der Waals surface area contributed by atoms with Gasteiger partial charge in [-0.2, -0.15) is 0 Å². The second kappa shape index (κ2) is 11.2. The first-order valence-electron chi connectivity index (χ1n) is 14.4. The lowest BCUT2D eigenvalue weighted by atomic mass is 9.88. The molecule has 6 aromatic carbocycles. The number of imidazole rings is 1. The van der Waals surface area contributed by atoms with Crippen molar-refractivity contribution in [1.82, 2.24) is 9.97 Å². The molecule has 2 nitrogen and oxygen atoms in total. The zero-order valence-electron chi connectivity index (χ0n) is 23.5. The lowest BCUT2D eigenvalue weighted by Crippen LogP contribution is -1.91. The maximum absolute atomic E-state index is 5.20. The quantitative estimate of drug-likeness (QED) is 0.210. The monoisotopic (exact) mass is 538 g/mol. The summed E-state index contributed by atoms with van der Waals surface area (Å²) in [7, 11) is 0. The van der Waals surface area contributed by atoms with Crippen LogP contribution in [0, 0.1) is 0 Å². The Morgan fingerprint density at radius 2 is 1.00 bits per heavy atom. The van der Waals surface area contributed by atoms with Crippen LogP contribution in [0.1, 0.15) is 12.7 Å². The first-order chi connectivity index (χ1) is 20.8. The fourth-order valence-corrected chi connectivity index (χ4v) is 5.83. The lowest BCUT2D eigenvalue weighted by Gasteiger charge is -2.15. The predicted octanol–water partition coefficient (Wildman–Crippen LogP) is 11.0. The van der Waals surface area contributed by atoms with E-state index in [1.54, 1.807) is 0 Å². The van der Waals surface area contributed by atoms with Gasteiger partial charge >= 0.3 is 0 Å². The van der Waals surface area contributed by atoms with Crippen LogP contribution in [-0.4, -0.2) is 9.97 Å². The number of nitrogens with zero attached hydrogens (tertiary/aromatic N) is 1. The zero-order valence-corrected chi connectivity index (χ0v) is 23.5. The van der Waals surface area contributed by atoms with E-state index >= 15 is 0 Å². The average molecular weight is 539 g/mol. The van der Waals surface area contributed by atoms with Crippen LogP contribution < -0.4 is 0 Å². The van der Waals surface area contributed by atoms with E-state index in [0.29, 0.717) is 0 Å². The summed E-state index contributed by atoms with van der Waals surface area (Å²) in [6, 6.07) is 47.5. The molecule has 0 aliphatic carbocycles. The molecule has 0 saturated carbocycles. The van der Waals surface area contributed by atoms with E-state index in [2.05, 4.69) is 138 Å². The molecule has 0 amide bonds. The highest BCUT2D eigenvalue weighted by molar-refractivity contribution is 6.19. The van der Waals surface area contributed by atoms with Gasteiger partial charge < -0.3 is 4.98 Å². The number of hydrogen-bond acceptors (Lipinski definition) is 1. The minimum atomic E-state index is 0.833. The zero-order chi connectivity index (χ0) is 28.3. The molecule has 0 radical (unpaired) electrons. The maximum Gasteiger partial charge on any atom is 0.131 e. The molecule has 7 rings (SSSR count). The van der Waals surface area contributed by atoms with Crippen molar-refractivity contribution in [2.45, 2.75) is 6.92 Å². The van der Waals surface area contributed by atoms with Crippen molar-refractivity contribution in [1.29, 1.82) is 0 Å². The van der Waals surface area contributed by atoms with E-state index in [4.69, 9.17) is 4.98 Å². The van der Waals surface area contributed by atoms with Crippen LogP contribution in [-0.2, 0) is 0 Å². The minimum absolute atomic E-state index is 0.833. The van der Waals surface area contributed by atoms with Gasteiger partial charge in [0.05, 0.1) is 11.0 Å². The van der Waals surface area contributed by atoms with Crippen molar-refractivity contribution in [2.75, 3.05) is 0 Å². The normalized spacial score (nSPS) is 11.7. The number of nitrogens with one attached hydrogen (secondary N) is 1.